The average molecular weight is 309 g/mol. The first-order chi connectivity index (χ1) is 8.70. The van der Waals surface area contributed by atoms with Crippen molar-refractivity contribution in [3.63, 3.8) is 0 Å². The Morgan fingerprint density at radius 3 is 2.83 bits per heavy atom. The molecule has 0 saturated carbocycles. The maximum absolute atomic E-state index is 13.7. The van der Waals surface area contributed by atoms with Gasteiger partial charge in [0.1, 0.15) is 0 Å². The highest BCUT2D eigenvalue weighted by molar-refractivity contribution is 9.10. The molecule has 0 unspecified atom stereocenters. The molecule has 0 aliphatic rings. The molecule has 2 rings (SSSR count). The second-order valence-corrected chi connectivity index (χ2v) is 4.93. The van der Waals surface area contributed by atoms with Gasteiger partial charge in [0.25, 0.3) is 0 Å². The van der Waals surface area contributed by atoms with E-state index in [1.165, 1.54) is 11.6 Å². The van der Waals surface area contributed by atoms with Crippen molar-refractivity contribution < 1.29 is 4.39 Å². The van der Waals surface area contributed by atoms with Gasteiger partial charge in [-0.3, -0.25) is 0 Å². The van der Waals surface area contributed by atoms with Gasteiger partial charge in [0.15, 0.2) is 11.6 Å². The van der Waals surface area contributed by atoms with Crippen LogP contribution in [0.4, 0.5) is 15.9 Å². The molecule has 0 aliphatic heterocycles. The predicted molar refractivity (Wildman–Crippen MR) is 75.6 cm³/mol. The normalized spacial score (nSPS) is 10.4. The third-order valence-electron chi connectivity index (χ3n) is 2.60. The number of benzene rings is 1. The highest BCUT2D eigenvalue weighted by Gasteiger charge is 2.07. The van der Waals surface area contributed by atoms with Crippen LogP contribution in [0.3, 0.4) is 0 Å². The molecule has 0 radical (unpaired) electrons. The summed E-state index contributed by atoms with van der Waals surface area (Å²) in [6, 6.07) is 9.30. The number of pyridine rings is 1. The lowest BCUT2D eigenvalue weighted by Gasteiger charge is -2.11. The van der Waals surface area contributed by atoms with Crippen LogP contribution in [0, 0.1) is 5.82 Å². The van der Waals surface area contributed by atoms with Crippen LogP contribution in [0.25, 0.3) is 0 Å². The second kappa shape index (κ2) is 5.96. The molecule has 0 bridgehead atoms. The molecular weight excluding hydrogens is 295 g/mol. The minimum absolute atomic E-state index is 0.252. The van der Waals surface area contributed by atoms with Crippen LogP contribution < -0.4 is 5.32 Å². The number of aromatic nitrogens is 1. The molecule has 18 heavy (non-hydrogen) atoms. The summed E-state index contributed by atoms with van der Waals surface area (Å²) in [5.74, 6) is -0.113. The Morgan fingerprint density at radius 1 is 1.33 bits per heavy atom. The molecule has 0 saturated heterocycles. The summed E-state index contributed by atoms with van der Waals surface area (Å²) >= 11 is 3.19. The van der Waals surface area contributed by atoms with E-state index in [1.807, 2.05) is 24.3 Å². The van der Waals surface area contributed by atoms with Crippen LogP contribution in [0.2, 0.25) is 0 Å². The van der Waals surface area contributed by atoms with Gasteiger partial charge in [0.2, 0.25) is 0 Å². The lowest BCUT2D eigenvalue weighted by molar-refractivity contribution is 0.625. The van der Waals surface area contributed by atoms with Crippen LogP contribution in [0.15, 0.2) is 41.0 Å². The zero-order valence-corrected chi connectivity index (χ0v) is 11.7. The van der Waals surface area contributed by atoms with Crippen molar-refractivity contribution >= 4 is 27.4 Å². The van der Waals surface area contributed by atoms with E-state index in [9.17, 15) is 4.39 Å². The molecule has 2 nitrogen and oxygen atoms in total. The van der Waals surface area contributed by atoms with Gasteiger partial charge in [-0.25, -0.2) is 9.37 Å². The minimum atomic E-state index is -0.365. The average Bonchev–Trinajstić information content (AvgIpc) is 2.35. The van der Waals surface area contributed by atoms with E-state index in [0.29, 0.717) is 4.47 Å². The van der Waals surface area contributed by atoms with Crippen molar-refractivity contribution in [2.75, 3.05) is 5.32 Å². The molecule has 1 aromatic heterocycles. The summed E-state index contributed by atoms with van der Waals surface area (Å²) in [6.07, 6.45) is 3.59. The van der Waals surface area contributed by atoms with Gasteiger partial charge in [-0.1, -0.05) is 31.5 Å². The molecule has 2 aromatic rings. The quantitative estimate of drug-likeness (QED) is 0.887. The number of anilines is 2. The Morgan fingerprint density at radius 2 is 2.11 bits per heavy atom. The molecule has 1 heterocycles. The molecule has 0 atom stereocenters. The molecule has 1 aromatic carbocycles. The Labute approximate surface area is 114 Å². The van der Waals surface area contributed by atoms with Gasteiger partial charge in [0.05, 0.1) is 0 Å². The summed E-state index contributed by atoms with van der Waals surface area (Å²) in [5, 5.41) is 3.05. The number of hydrogen-bond donors (Lipinski definition) is 1. The highest BCUT2D eigenvalue weighted by Crippen LogP contribution is 2.23. The fourth-order valence-corrected chi connectivity index (χ4v) is 2.07. The Balaban J connectivity index is 2.28. The zero-order chi connectivity index (χ0) is 13.0. The number of halogens is 2. The van der Waals surface area contributed by atoms with E-state index in [2.05, 4.69) is 33.2 Å². The number of aryl methyl sites for hydroxylation is 1. The summed E-state index contributed by atoms with van der Waals surface area (Å²) in [5.41, 5.74) is 2.08. The molecule has 0 amide bonds. The molecule has 0 fully saturated rings. The molecule has 0 aliphatic carbocycles. The lowest BCUT2D eigenvalue weighted by atomic mass is 10.1. The van der Waals surface area contributed by atoms with Gasteiger partial charge in [-0.2, -0.15) is 0 Å². The maximum Gasteiger partial charge on any atom is 0.166 e. The molecular formula is C14H14BrFN2. The SMILES string of the molecule is CCCc1ccccc1Nc1ncc(Br)cc1F. The zero-order valence-electron chi connectivity index (χ0n) is 10.1. The van der Waals surface area contributed by atoms with E-state index in [-0.39, 0.29) is 11.6 Å². The number of rotatable bonds is 4. The van der Waals surface area contributed by atoms with Crippen molar-refractivity contribution in [3.05, 3.63) is 52.4 Å². The van der Waals surface area contributed by atoms with Crippen LogP contribution >= 0.6 is 15.9 Å². The lowest BCUT2D eigenvalue weighted by Crippen LogP contribution is -2.00. The smallest absolute Gasteiger partial charge is 0.166 e. The Kier molecular flexibility index (Phi) is 4.31. The second-order valence-electron chi connectivity index (χ2n) is 4.02. The van der Waals surface area contributed by atoms with Crippen molar-refractivity contribution in [1.82, 2.24) is 4.98 Å². The third-order valence-corrected chi connectivity index (χ3v) is 3.03. The fourth-order valence-electron chi connectivity index (χ4n) is 1.76. The van der Waals surface area contributed by atoms with E-state index < -0.39 is 0 Å². The van der Waals surface area contributed by atoms with Crippen molar-refractivity contribution in [3.8, 4) is 0 Å². The van der Waals surface area contributed by atoms with Crippen molar-refractivity contribution in [1.29, 1.82) is 0 Å². The van der Waals surface area contributed by atoms with Gasteiger partial charge in [0, 0.05) is 16.4 Å². The third kappa shape index (κ3) is 3.07. The fraction of sp³-hybridized carbons (Fsp3) is 0.214. The standard InChI is InChI=1S/C14H14BrFN2/c1-2-5-10-6-3-4-7-13(10)18-14-12(16)8-11(15)9-17-14/h3-4,6-9H,2,5H2,1H3,(H,17,18). The predicted octanol–water partition coefficient (Wildman–Crippen LogP) is 4.68. The summed E-state index contributed by atoms with van der Waals surface area (Å²) in [6.45, 7) is 2.12. The minimum Gasteiger partial charge on any atom is -0.338 e. The molecule has 4 heteroatoms. The Hall–Kier alpha value is -1.42. The largest absolute Gasteiger partial charge is 0.338 e. The number of para-hydroxylation sites is 1. The number of nitrogens with one attached hydrogen (secondary N) is 1. The van der Waals surface area contributed by atoms with E-state index >= 15 is 0 Å². The van der Waals surface area contributed by atoms with Gasteiger partial charge >= 0.3 is 0 Å². The van der Waals surface area contributed by atoms with Crippen LogP contribution in [-0.4, -0.2) is 4.98 Å². The van der Waals surface area contributed by atoms with E-state index in [0.717, 1.165) is 18.5 Å². The monoisotopic (exact) mass is 308 g/mol. The molecule has 94 valence electrons. The summed E-state index contributed by atoms with van der Waals surface area (Å²) < 4.78 is 14.3. The summed E-state index contributed by atoms with van der Waals surface area (Å²) in [7, 11) is 0. The first kappa shape index (κ1) is 13.0. The van der Waals surface area contributed by atoms with Crippen LogP contribution in [0.5, 0.6) is 0 Å². The first-order valence-electron chi connectivity index (χ1n) is 5.86. The Bertz CT molecular complexity index is 543. The van der Waals surface area contributed by atoms with Crippen molar-refractivity contribution in [2.24, 2.45) is 0 Å². The number of nitrogens with zero attached hydrogens (tertiary/aromatic N) is 1. The number of hydrogen-bond acceptors (Lipinski definition) is 2. The van der Waals surface area contributed by atoms with Crippen LogP contribution in [-0.2, 0) is 6.42 Å². The van der Waals surface area contributed by atoms with E-state index in [4.69, 9.17) is 0 Å². The first-order valence-corrected chi connectivity index (χ1v) is 6.66. The van der Waals surface area contributed by atoms with E-state index in [1.54, 1.807) is 6.20 Å². The summed E-state index contributed by atoms with van der Waals surface area (Å²) in [4.78, 5) is 4.04. The molecule has 1 N–H and O–H groups in total. The van der Waals surface area contributed by atoms with Gasteiger partial charge in [-0.15, -0.1) is 0 Å². The van der Waals surface area contributed by atoms with Gasteiger partial charge in [-0.05, 0) is 40.0 Å². The maximum atomic E-state index is 13.7. The van der Waals surface area contributed by atoms with Crippen molar-refractivity contribution in [2.45, 2.75) is 19.8 Å². The van der Waals surface area contributed by atoms with Gasteiger partial charge < -0.3 is 5.32 Å². The topological polar surface area (TPSA) is 24.9 Å². The molecule has 0 spiro atoms. The van der Waals surface area contributed by atoms with Crippen LogP contribution in [0.1, 0.15) is 18.9 Å². The highest BCUT2D eigenvalue weighted by atomic mass is 79.9.